The molecule has 0 aromatic heterocycles. The van der Waals surface area contributed by atoms with Crippen LogP contribution < -0.4 is 5.32 Å². The number of hydrogen-bond donors (Lipinski definition) is 1. The number of likely N-dealkylation sites (N-methyl/N-ethyl adjacent to an activating group) is 1. The van der Waals surface area contributed by atoms with Gasteiger partial charge in [-0.1, -0.05) is 23.2 Å². The van der Waals surface area contributed by atoms with Gasteiger partial charge in [-0.05, 0) is 12.1 Å². The first-order valence-corrected chi connectivity index (χ1v) is 5.26. The standard InChI is InChI=1S/C10H11Cl2FN2O/c1-15(2)9(16)5-14-6-3-7(11)10(13)8(12)4-6/h3-4,14H,5H2,1-2H3. The monoisotopic (exact) mass is 264 g/mol. The summed E-state index contributed by atoms with van der Waals surface area (Å²) in [6.07, 6.45) is 0. The van der Waals surface area contributed by atoms with E-state index in [9.17, 15) is 9.18 Å². The maximum absolute atomic E-state index is 13.1. The Labute approximate surface area is 103 Å². The van der Waals surface area contributed by atoms with Gasteiger partial charge < -0.3 is 10.2 Å². The third kappa shape index (κ3) is 3.25. The molecule has 1 amide bonds. The van der Waals surface area contributed by atoms with E-state index < -0.39 is 5.82 Å². The van der Waals surface area contributed by atoms with Crippen molar-refractivity contribution >= 4 is 34.8 Å². The van der Waals surface area contributed by atoms with Crippen molar-refractivity contribution in [3.63, 3.8) is 0 Å². The molecule has 1 aromatic rings. The summed E-state index contributed by atoms with van der Waals surface area (Å²) >= 11 is 11.2. The molecule has 1 aromatic carbocycles. The van der Waals surface area contributed by atoms with Crippen LogP contribution in [0.5, 0.6) is 0 Å². The molecule has 0 unspecified atom stereocenters. The summed E-state index contributed by atoms with van der Waals surface area (Å²) in [4.78, 5) is 12.7. The Kier molecular flexibility index (Phi) is 4.38. The number of hydrogen-bond acceptors (Lipinski definition) is 2. The largest absolute Gasteiger partial charge is 0.376 e. The number of benzene rings is 1. The van der Waals surface area contributed by atoms with Crippen LogP contribution in [0.1, 0.15) is 0 Å². The molecule has 6 heteroatoms. The fraction of sp³-hybridized carbons (Fsp3) is 0.300. The van der Waals surface area contributed by atoms with E-state index in [1.807, 2.05) is 0 Å². The molecule has 0 atom stereocenters. The minimum absolute atomic E-state index is 0.0766. The summed E-state index contributed by atoms with van der Waals surface area (Å²) in [5.41, 5.74) is 0.506. The highest BCUT2D eigenvalue weighted by molar-refractivity contribution is 6.35. The molecule has 88 valence electrons. The van der Waals surface area contributed by atoms with Crippen LogP contribution in [0.2, 0.25) is 10.0 Å². The van der Waals surface area contributed by atoms with E-state index in [2.05, 4.69) is 5.32 Å². The first-order chi connectivity index (χ1) is 7.41. The molecule has 1 N–H and O–H groups in total. The zero-order chi connectivity index (χ0) is 12.3. The Morgan fingerprint density at radius 2 is 1.88 bits per heavy atom. The third-order valence-corrected chi connectivity index (χ3v) is 2.48. The van der Waals surface area contributed by atoms with Crippen LogP contribution in [0, 0.1) is 5.82 Å². The number of rotatable bonds is 3. The molecule has 0 aliphatic rings. The minimum atomic E-state index is -0.659. The van der Waals surface area contributed by atoms with Crippen molar-refractivity contribution in [2.24, 2.45) is 0 Å². The summed E-state index contributed by atoms with van der Waals surface area (Å²) in [7, 11) is 3.29. The molecule has 0 saturated carbocycles. The average Bonchev–Trinajstić information content (AvgIpc) is 2.22. The van der Waals surface area contributed by atoms with Crippen molar-refractivity contribution in [3.8, 4) is 0 Å². The zero-order valence-corrected chi connectivity index (χ0v) is 10.4. The fourth-order valence-corrected chi connectivity index (χ4v) is 1.48. The number of carbonyl (C=O) groups excluding carboxylic acids is 1. The molecule has 0 radical (unpaired) electrons. The first kappa shape index (κ1) is 13.1. The van der Waals surface area contributed by atoms with Crippen LogP contribution in [0.25, 0.3) is 0 Å². The Morgan fingerprint density at radius 3 is 2.31 bits per heavy atom. The number of nitrogens with zero attached hydrogens (tertiary/aromatic N) is 1. The van der Waals surface area contributed by atoms with Gasteiger partial charge in [0.05, 0.1) is 16.6 Å². The van der Waals surface area contributed by atoms with Crippen molar-refractivity contribution in [2.75, 3.05) is 26.0 Å². The van der Waals surface area contributed by atoms with Crippen LogP contribution in [-0.4, -0.2) is 31.4 Å². The van der Waals surface area contributed by atoms with Crippen LogP contribution >= 0.6 is 23.2 Å². The Hall–Kier alpha value is -1.00. The second-order valence-corrected chi connectivity index (χ2v) is 4.21. The number of nitrogens with one attached hydrogen (secondary N) is 1. The molecule has 16 heavy (non-hydrogen) atoms. The summed E-state index contributed by atoms with van der Waals surface area (Å²) < 4.78 is 13.1. The average molecular weight is 265 g/mol. The summed E-state index contributed by atoms with van der Waals surface area (Å²) in [6, 6.07) is 2.76. The second-order valence-electron chi connectivity index (χ2n) is 3.40. The highest BCUT2D eigenvalue weighted by Crippen LogP contribution is 2.27. The lowest BCUT2D eigenvalue weighted by atomic mass is 10.3. The maximum Gasteiger partial charge on any atom is 0.241 e. The van der Waals surface area contributed by atoms with Gasteiger partial charge in [0.1, 0.15) is 0 Å². The van der Waals surface area contributed by atoms with E-state index in [1.54, 1.807) is 14.1 Å². The zero-order valence-electron chi connectivity index (χ0n) is 8.85. The van der Waals surface area contributed by atoms with E-state index in [4.69, 9.17) is 23.2 Å². The van der Waals surface area contributed by atoms with Crippen LogP contribution in [0.15, 0.2) is 12.1 Å². The van der Waals surface area contributed by atoms with Gasteiger partial charge in [-0.3, -0.25) is 4.79 Å². The van der Waals surface area contributed by atoms with Gasteiger partial charge in [0.25, 0.3) is 0 Å². The second kappa shape index (κ2) is 5.37. The smallest absolute Gasteiger partial charge is 0.241 e. The lowest BCUT2D eigenvalue weighted by molar-refractivity contribution is -0.126. The van der Waals surface area contributed by atoms with E-state index in [0.717, 1.165) is 0 Å². The number of carbonyl (C=O) groups is 1. The molecule has 1 rings (SSSR count). The van der Waals surface area contributed by atoms with Crippen LogP contribution in [-0.2, 0) is 4.79 Å². The van der Waals surface area contributed by atoms with Crippen molar-refractivity contribution in [1.82, 2.24) is 4.90 Å². The Balaban J connectivity index is 2.72. The quantitative estimate of drug-likeness (QED) is 0.852. The van der Waals surface area contributed by atoms with Gasteiger partial charge in [-0.25, -0.2) is 4.39 Å². The van der Waals surface area contributed by atoms with Gasteiger partial charge in [-0.2, -0.15) is 0 Å². The highest BCUT2D eigenvalue weighted by atomic mass is 35.5. The SMILES string of the molecule is CN(C)C(=O)CNc1cc(Cl)c(F)c(Cl)c1. The van der Waals surface area contributed by atoms with Crippen molar-refractivity contribution in [3.05, 3.63) is 28.0 Å². The topological polar surface area (TPSA) is 32.3 Å². The van der Waals surface area contributed by atoms with Crippen LogP contribution in [0.3, 0.4) is 0 Å². The summed E-state index contributed by atoms with van der Waals surface area (Å²) in [6.45, 7) is 0.102. The highest BCUT2D eigenvalue weighted by Gasteiger charge is 2.09. The predicted octanol–water partition coefficient (Wildman–Crippen LogP) is 2.63. The maximum atomic E-state index is 13.1. The van der Waals surface area contributed by atoms with Gasteiger partial charge in [0, 0.05) is 19.8 Å². The Morgan fingerprint density at radius 1 is 1.38 bits per heavy atom. The summed E-state index contributed by atoms with van der Waals surface area (Å²) in [5, 5.41) is 2.65. The first-order valence-electron chi connectivity index (χ1n) is 4.50. The third-order valence-electron chi connectivity index (χ3n) is 1.93. The van der Waals surface area contributed by atoms with Gasteiger partial charge in [0.15, 0.2) is 5.82 Å². The molecule has 0 aliphatic heterocycles. The summed E-state index contributed by atoms with van der Waals surface area (Å²) in [5.74, 6) is -0.760. The minimum Gasteiger partial charge on any atom is -0.376 e. The van der Waals surface area contributed by atoms with Crippen molar-refractivity contribution in [2.45, 2.75) is 0 Å². The molecular formula is C10H11Cl2FN2O. The molecule has 0 fully saturated rings. The lowest BCUT2D eigenvalue weighted by Gasteiger charge is -2.12. The number of anilines is 1. The van der Waals surface area contributed by atoms with E-state index in [-0.39, 0.29) is 22.5 Å². The van der Waals surface area contributed by atoms with Gasteiger partial charge in [0.2, 0.25) is 5.91 Å². The number of amides is 1. The predicted molar refractivity (Wildman–Crippen MR) is 63.6 cm³/mol. The fourth-order valence-electron chi connectivity index (χ4n) is 0.993. The lowest BCUT2D eigenvalue weighted by Crippen LogP contribution is -2.28. The Bertz CT molecular complexity index is 387. The molecule has 0 heterocycles. The normalized spacial score (nSPS) is 10.1. The van der Waals surface area contributed by atoms with E-state index >= 15 is 0 Å². The van der Waals surface area contributed by atoms with Gasteiger partial charge in [-0.15, -0.1) is 0 Å². The molecule has 0 saturated heterocycles. The molecule has 0 spiro atoms. The van der Waals surface area contributed by atoms with Crippen molar-refractivity contribution < 1.29 is 9.18 Å². The van der Waals surface area contributed by atoms with E-state index in [0.29, 0.717) is 5.69 Å². The molecule has 3 nitrogen and oxygen atoms in total. The van der Waals surface area contributed by atoms with Gasteiger partial charge >= 0.3 is 0 Å². The van der Waals surface area contributed by atoms with E-state index in [1.165, 1.54) is 17.0 Å². The van der Waals surface area contributed by atoms with Crippen molar-refractivity contribution in [1.29, 1.82) is 0 Å². The van der Waals surface area contributed by atoms with Crippen LogP contribution in [0.4, 0.5) is 10.1 Å². The molecule has 0 aliphatic carbocycles. The molecule has 0 bridgehead atoms. The number of halogens is 3. The molecular weight excluding hydrogens is 254 g/mol.